The normalized spacial score (nSPS) is 22.5. The van der Waals surface area contributed by atoms with Crippen LogP contribution in [0, 0.1) is 0 Å². The average molecular weight is 418 g/mol. The Morgan fingerprint density at radius 3 is 2.36 bits per heavy atom. The summed E-state index contributed by atoms with van der Waals surface area (Å²) >= 11 is 5.99. The van der Waals surface area contributed by atoms with Crippen molar-refractivity contribution in [2.45, 2.75) is 56.6 Å². The third kappa shape index (κ3) is 4.38. The van der Waals surface area contributed by atoms with Crippen LogP contribution in [0.15, 0.2) is 30.6 Å². The lowest BCUT2D eigenvalue weighted by atomic mass is 9.93. The van der Waals surface area contributed by atoms with Gasteiger partial charge in [0.05, 0.1) is 5.69 Å². The molecule has 0 aromatic carbocycles. The van der Waals surface area contributed by atoms with Crippen LogP contribution in [0.2, 0.25) is 5.15 Å². The molecule has 0 aliphatic heterocycles. The summed E-state index contributed by atoms with van der Waals surface area (Å²) in [5.74, 6) is 0. The second-order valence-corrected chi connectivity index (χ2v) is 7.54. The Kier molecular flexibility index (Phi) is 5.82. The zero-order valence-electron chi connectivity index (χ0n) is 15.1. The Balaban J connectivity index is 1.87. The van der Waals surface area contributed by atoms with Gasteiger partial charge in [-0.25, -0.2) is 9.37 Å². The van der Waals surface area contributed by atoms with E-state index in [9.17, 15) is 22.7 Å². The maximum Gasteiger partial charge on any atom is 0.421 e. The number of hydrogen-bond acceptors (Lipinski definition) is 4. The number of aromatic nitrogens is 2. The maximum absolute atomic E-state index is 13.4. The number of nitrogens with zero attached hydrogens (tertiary/aromatic N) is 2. The van der Waals surface area contributed by atoms with Gasteiger partial charge in [0, 0.05) is 35.2 Å². The van der Waals surface area contributed by atoms with Gasteiger partial charge in [0.2, 0.25) is 0 Å². The number of rotatable bonds is 4. The number of alkyl halides is 4. The van der Waals surface area contributed by atoms with Gasteiger partial charge < -0.3 is 10.4 Å². The molecule has 1 saturated carbocycles. The highest BCUT2D eigenvalue weighted by atomic mass is 35.5. The average Bonchev–Trinajstić information content (AvgIpc) is 2.63. The lowest BCUT2D eigenvalue weighted by molar-refractivity contribution is -0.259. The number of nitrogens with one attached hydrogen (secondary N) is 1. The van der Waals surface area contributed by atoms with E-state index in [1.165, 1.54) is 18.3 Å². The molecular weight excluding hydrogens is 398 g/mol. The fourth-order valence-corrected chi connectivity index (χ4v) is 3.33. The van der Waals surface area contributed by atoms with E-state index >= 15 is 0 Å². The van der Waals surface area contributed by atoms with Crippen LogP contribution in [0.5, 0.6) is 0 Å². The van der Waals surface area contributed by atoms with Crippen molar-refractivity contribution in [3.63, 3.8) is 0 Å². The molecule has 1 atom stereocenters. The molecule has 1 unspecified atom stereocenters. The topological polar surface area (TPSA) is 58.0 Å². The number of aliphatic hydroxyl groups is 1. The van der Waals surface area contributed by atoms with Gasteiger partial charge in [-0.2, -0.15) is 13.2 Å². The molecule has 0 amide bonds. The fourth-order valence-electron chi connectivity index (χ4n) is 3.18. The summed E-state index contributed by atoms with van der Waals surface area (Å²) in [5, 5.41) is 13.3. The van der Waals surface area contributed by atoms with Gasteiger partial charge in [-0.15, -0.1) is 0 Å². The Morgan fingerprint density at radius 1 is 1.11 bits per heavy atom. The SMILES string of the molecule is CC(O)(c1ccc(-c2cnc(Cl)cc2NC2CCC(F)CC2)nc1)C(F)(F)F. The van der Waals surface area contributed by atoms with Crippen molar-refractivity contribution in [2.24, 2.45) is 0 Å². The van der Waals surface area contributed by atoms with E-state index < -0.39 is 17.9 Å². The van der Waals surface area contributed by atoms with E-state index in [4.69, 9.17) is 11.6 Å². The molecule has 1 fully saturated rings. The minimum atomic E-state index is -4.82. The summed E-state index contributed by atoms with van der Waals surface area (Å²) < 4.78 is 52.4. The first-order valence-electron chi connectivity index (χ1n) is 8.90. The van der Waals surface area contributed by atoms with E-state index in [-0.39, 0.29) is 16.8 Å². The Hall–Kier alpha value is -1.93. The number of pyridine rings is 2. The summed E-state index contributed by atoms with van der Waals surface area (Å²) in [4.78, 5) is 8.11. The van der Waals surface area contributed by atoms with Crippen LogP contribution >= 0.6 is 11.6 Å². The summed E-state index contributed by atoms with van der Waals surface area (Å²) in [6.07, 6.45) is -0.835. The monoisotopic (exact) mass is 417 g/mol. The van der Waals surface area contributed by atoms with Gasteiger partial charge in [0.15, 0.2) is 5.60 Å². The first-order chi connectivity index (χ1) is 13.1. The van der Waals surface area contributed by atoms with E-state index in [1.54, 1.807) is 6.07 Å². The first-order valence-corrected chi connectivity index (χ1v) is 9.28. The van der Waals surface area contributed by atoms with Crippen molar-refractivity contribution in [3.8, 4) is 11.3 Å². The van der Waals surface area contributed by atoms with Crippen LogP contribution in [0.4, 0.5) is 23.2 Å². The molecule has 152 valence electrons. The minimum Gasteiger partial charge on any atom is -0.382 e. The van der Waals surface area contributed by atoms with Crippen LogP contribution in [0.25, 0.3) is 11.3 Å². The Labute approximate surface area is 165 Å². The van der Waals surface area contributed by atoms with Crippen molar-refractivity contribution < 1.29 is 22.7 Å². The molecule has 4 nitrogen and oxygen atoms in total. The summed E-state index contributed by atoms with van der Waals surface area (Å²) in [5.41, 5.74) is -1.79. The van der Waals surface area contributed by atoms with Gasteiger partial charge in [0.1, 0.15) is 11.3 Å². The van der Waals surface area contributed by atoms with Crippen molar-refractivity contribution in [1.29, 1.82) is 0 Å². The van der Waals surface area contributed by atoms with Gasteiger partial charge in [-0.05, 0) is 44.7 Å². The largest absolute Gasteiger partial charge is 0.421 e. The molecule has 3 rings (SSSR count). The predicted octanol–water partition coefficient (Wildman–Crippen LogP) is 5.26. The third-order valence-corrected chi connectivity index (χ3v) is 5.25. The van der Waals surface area contributed by atoms with Gasteiger partial charge >= 0.3 is 6.18 Å². The molecule has 0 spiro atoms. The van der Waals surface area contributed by atoms with E-state index in [0.29, 0.717) is 49.6 Å². The highest BCUT2D eigenvalue weighted by molar-refractivity contribution is 6.29. The maximum atomic E-state index is 13.4. The number of anilines is 1. The summed E-state index contributed by atoms with van der Waals surface area (Å²) in [6.45, 7) is 0.682. The third-order valence-electron chi connectivity index (χ3n) is 5.04. The van der Waals surface area contributed by atoms with Gasteiger partial charge in [-0.1, -0.05) is 17.7 Å². The molecule has 2 heterocycles. The van der Waals surface area contributed by atoms with Crippen molar-refractivity contribution >= 4 is 17.3 Å². The van der Waals surface area contributed by atoms with E-state index in [2.05, 4.69) is 15.3 Å². The molecule has 1 aliphatic carbocycles. The molecular formula is C19H20ClF4N3O. The highest BCUT2D eigenvalue weighted by Crippen LogP contribution is 2.39. The lowest BCUT2D eigenvalue weighted by Gasteiger charge is -2.27. The molecule has 2 N–H and O–H groups in total. The second kappa shape index (κ2) is 7.83. The zero-order valence-corrected chi connectivity index (χ0v) is 15.9. The zero-order chi connectivity index (χ0) is 20.5. The number of hydrogen-bond donors (Lipinski definition) is 2. The number of halogens is 5. The molecule has 0 radical (unpaired) electrons. The van der Waals surface area contributed by atoms with Crippen LogP contribution in [0.1, 0.15) is 38.2 Å². The molecule has 28 heavy (non-hydrogen) atoms. The van der Waals surface area contributed by atoms with Crippen LogP contribution < -0.4 is 5.32 Å². The van der Waals surface area contributed by atoms with Crippen LogP contribution in [-0.4, -0.2) is 33.5 Å². The standard InChI is InChI=1S/C19H20ClF4N3O/c1-18(28,19(22,23)24)11-2-7-15(25-9-11)14-10-26-17(20)8-16(14)27-13-5-3-12(21)4-6-13/h2,7-10,12-13,28H,3-6H2,1H3,(H,26,27). The molecule has 0 bridgehead atoms. The van der Waals surface area contributed by atoms with Crippen molar-refractivity contribution in [1.82, 2.24) is 9.97 Å². The molecule has 9 heteroatoms. The molecule has 0 saturated heterocycles. The minimum absolute atomic E-state index is 0.0643. The lowest BCUT2D eigenvalue weighted by Crippen LogP contribution is -2.39. The van der Waals surface area contributed by atoms with Crippen molar-refractivity contribution in [2.75, 3.05) is 5.32 Å². The quantitative estimate of drug-likeness (QED) is 0.526. The van der Waals surface area contributed by atoms with Crippen LogP contribution in [-0.2, 0) is 5.60 Å². The Morgan fingerprint density at radius 2 is 1.79 bits per heavy atom. The summed E-state index contributed by atoms with van der Waals surface area (Å²) in [7, 11) is 0. The Bertz CT molecular complexity index is 819. The molecule has 1 aliphatic rings. The van der Waals surface area contributed by atoms with Crippen LogP contribution in [0.3, 0.4) is 0 Å². The smallest absolute Gasteiger partial charge is 0.382 e. The van der Waals surface area contributed by atoms with Crippen molar-refractivity contribution in [3.05, 3.63) is 41.3 Å². The summed E-state index contributed by atoms with van der Waals surface area (Å²) in [6, 6.07) is 4.25. The van der Waals surface area contributed by atoms with E-state index in [1.807, 2.05) is 0 Å². The predicted molar refractivity (Wildman–Crippen MR) is 98.9 cm³/mol. The molecule has 2 aromatic heterocycles. The van der Waals surface area contributed by atoms with E-state index in [0.717, 1.165) is 6.20 Å². The first kappa shape index (κ1) is 20.8. The fraction of sp³-hybridized carbons (Fsp3) is 0.474. The van der Waals surface area contributed by atoms with Gasteiger partial charge in [-0.3, -0.25) is 4.98 Å². The second-order valence-electron chi connectivity index (χ2n) is 7.15. The van der Waals surface area contributed by atoms with Gasteiger partial charge in [0.25, 0.3) is 0 Å². The molecule has 2 aromatic rings. The highest BCUT2D eigenvalue weighted by Gasteiger charge is 2.51.